The Balaban J connectivity index is 1.63. The van der Waals surface area contributed by atoms with Crippen molar-refractivity contribution in [2.24, 2.45) is 13.0 Å². The smallest absolute Gasteiger partial charge is 0.205 e. The van der Waals surface area contributed by atoms with E-state index in [1.807, 2.05) is 11.6 Å². The first-order chi connectivity index (χ1) is 10.5. The minimum atomic E-state index is 0.470. The molecule has 6 nitrogen and oxygen atoms in total. The Morgan fingerprint density at radius 1 is 1.36 bits per heavy atom. The largest absolute Gasteiger partial charge is 0.347 e. The molecule has 2 aromatic heterocycles. The third-order valence-electron chi connectivity index (χ3n) is 4.09. The molecule has 1 aliphatic heterocycles. The molecule has 0 aromatic carbocycles. The Morgan fingerprint density at radius 2 is 2.09 bits per heavy atom. The Morgan fingerprint density at radius 3 is 2.68 bits per heavy atom. The van der Waals surface area contributed by atoms with Gasteiger partial charge >= 0.3 is 0 Å². The Bertz CT molecular complexity index is 678. The SMILES string of the molecule is CC(C)Cc1nsc(N2CCC(c3n[nH]c(=S)n3C)CC2)n1. The van der Waals surface area contributed by atoms with E-state index < -0.39 is 0 Å². The highest BCUT2D eigenvalue weighted by Gasteiger charge is 2.25. The lowest BCUT2D eigenvalue weighted by Gasteiger charge is -2.30. The van der Waals surface area contributed by atoms with Crippen molar-refractivity contribution in [1.29, 1.82) is 0 Å². The number of anilines is 1. The summed E-state index contributed by atoms with van der Waals surface area (Å²) in [5, 5.41) is 8.32. The van der Waals surface area contributed by atoms with E-state index in [0.717, 1.165) is 49.1 Å². The van der Waals surface area contributed by atoms with E-state index in [1.54, 1.807) is 0 Å². The van der Waals surface area contributed by atoms with Crippen LogP contribution in [0.4, 0.5) is 5.13 Å². The average molecular weight is 339 g/mol. The normalized spacial score (nSPS) is 16.6. The van der Waals surface area contributed by atoms with Gasteiger partial charge in [0.15, 0.2) is 4.77 Å². The van der Waals surface area contributed by atoms with Crippen LogP contribution in [0.15, 0.2) is 0 Å². The van der Waals surface area contributed by atoms with E-state index in [1.165, 1.54) is 11.5 Å². The van der Waals surface area contributed by atoms with Gasteiger partial charge in [0.05, 0.1) is 0 Å². The second-order valence-corrected chi connectivity index (χ2v) is 7.42. The average Bonchev–Trinajstić information content (AvgIpc) is 3.07. The molecule has 1 saturated heterocycles. The molecule has 0 atom stereocenters. The van der Waals surface area contributed by atoms with E-state index in [9.17, 15) is 0 Å². The zero-order valence-corrected chi connectivity index (χ0v) is 14.9. The van der Waals surface area contributed by atoms with Gasteiger partial charge in [-0.3, -0.25) is 5.10 Å². The number of aromatic nitrogens is 5. The molecular formula is C14H22N6S2. The summed E-state index contributed by atoms with van der Waals surface area (Å²) in [6.07, 6.45) is 3.11. The predicted molar refractivity (Wildman–Crippen MR) is 91.0 cm³/mol. The van der Waals surface area contributed by atoms with E-state index in [2.05, 4.69) is 38.3 Å². The van der Waals surface area contributed by atoms with Crippen LogP contribution in [-0.4, -0.2) is 37.2 Å². The summed E-state index contributed by atoms with van der Waals surface area (Å²) in [6.45, 7) is 6.40. The Hall–Kier alpha value is -1.28. The highest BCUT2D eigenvalue weighted by atomic mass is 32.1. The molecule has 0 radical (unpaired) electrons. The highest BCUT2D eigenvalue weighted by molar-refractivity contribution is 7.71. The molecule has 0 bridgehead atoms. The summed E-state index contributed by atoms with van der Waals surface area (Å²) in [5.41, 5.74) is 0. The number of piperidine rings is 1. The van der Waals surface area contributed by atoms with Crippen LogP contribution in [-0.2, 0) is 13.5 Å². The first kappa shape index (κ1) is 15.6. The van der Waals surface area contributed by atoms with Crippen molar-refractivity contribution in [3.8, 4) is 0 Å². The summed E-state index contributed by atoms with van der Waals surface area (Å²) in [4.78, 5) is 7.03. The number of hydrogen-bond donors (Lipinski definition) is 1. The van der Waals surface area contributed by atoms with Gasteiger partial charge in [-0.1, -0.05) is 13.8 Å². The first-order valence-electron chi connectivity index (χ1n) is 7.73. The first-order valence-corrected chi connectivity index (χ1v) is 8.91. The van der Waals surface area contributed by atoms with E-state index in [4.69, 9.17) is 12.2 Å². The molecule has 8 heteroatoms. The fourth-order valence-corrected chi connectivity index (χ4v) is 3.76. The van der Waals surface area contributed by atoms with Crippen LogP contribution in [0.5, 0.6) is 0 Å². The fraction of sp³-hybridized carbons (Fsp3) is 0.714. The number of hydrogen-bond acceptors (Lipinski definition) is 6. The maximum Gasteiger partial charge on any atom is 0.205 e. The quantitative estimate of drug-likeness (QED) is 0.869. The molecular weight excluding hydrogens is 316 g/mol. The van der Waals surface area contributed by atoms with Crippen LogP contribution in [0.3, 0.4) is 0 Å². The summed E-state index contributed by atoms with van der Waals surface area (Å²) in [6, 6.07) is 0. The highest BCUT2D eigenvalue weighted by Crippen LogP contribution is 2.30. The monoisotopic (exact) mass is 338 g/mol. The maximum absolute atomic E-state index is 5.20. The maximum atomic E-state index is 5.20. The van der Waals surface area contributed by atoms with Gasteiger partial charge in [-0.25, -0.2) is 4.98 Å². The van der Waals surface area contributed by atoms with Crippen LogP contribution in [0.2, 0.25) is 0 Å². The lowest BCUT2D eigenvalue weighted by atomic mass is 9.96. The number of nitrogens with one attached hydrogen (secondary N) is 1. The lowest BCUT2D eigenvalue weighted by molar-refractivity contribution is 0.473. The molecule has 2 aromatic rings. The second-order valence-electron chi connectivity index (χ2n) is 6.30. The zero-order chi connectivity index (χ0) is 15.7. The number of aromatic amines is 1. The molecule has 0 aliphatic carbocycles. The molecule has 120 valence electrons. The lowest BCUT2D eigenvalue weighted by Crippen LogP contribution is -2.33. The molecule has 1 fully saturated rings. The number of nitrogens with zero attached hydrogens (tertiary/aromatic N) is 5. The molecule has 1 N–H and O–H groups in total. The molecule has 0 unspecified atom stereocenters. The molecule has 1 aliphatic rings. The van der Waals surface area contributed by atoms with Crippen molar-refractivity contribution in [1.82, 2.24) is 24.1 Å². The Labute approximate surface area is 139 Å². The predicted octanol–water partition coefficient (Wildman–Crippen LogP) is 2.91. The van der Waals surface area contributed by atoms with Gasteiger partial charge in [0.25, 0.3) is 0 Å². The van der Waals surface area contributed by atoms with Crippen LogP contribution >= 0.6 is 23.8 Å². The van der Waals surface area contributed by atoms with Gasteiger partial charge < -0.3 is 9.47 Å². The third-order valence-corrected chi connectivity index (χ3v) is 5.27. The van der Waals surface area contributed by atoms with Gasteiger partial charge in [-0.2, -0.15) is 9.47 Å². The minimum absolute atomic E-state index is 0.470. The van der Waals surface area contributed by atoms with Gasteiger partial charge in [-0.05, 0) is 31.0 Å². The molecule has 0 amide bonds. The summed E-state index contributed by atoms with van der Waals surface area (Å²) < 4.78 is 7.16. The number of H-pyrrole nitrogens is 1. The van der Waals surface area contributed by atoms with Crippen molar-refractivity contribution in [3.63, 3.8) is 0 Å². The van der Waals surface area contributed by atoms with Crippen LogP contribution < -0.4 is 4.90 Å². The summed E-state index contributed by atoms with van der Waals surface area (Å²) >= 11 is 6.72. The van der Waals surface area contributed by atoms with E-state index in [-0.39, 0.29) is 0 Å². The van der Waals surface area contributed by atoms with Crippen molar-refractivity contribution in [2.45, 2.75) is 39.0 Å². The topological polar surface area (TPSA) is 62.6 Å². The van der Waals surface area contributed by atoms with Crippen LogP contribution in [0.25, 0.3) is 0 Å². The fourth-order valence-electron chi connectivity index (χ4n) is 2.87. The Kier molecular flexibility index (Phi) is 4.58. The van der Waals surface area contributed by atoms with Crippen molar-refractivity contribution < 1.29 is 0 Å². The molecule has 0 saturated carbocycles. The third kappa shape index (κ3) is 3.22. The zero-order valence-electron chi connectivity index (χ0n) is 13.2. The van der Waals surface area contributed by atoms with Crippen molar-refractivity contribution >= 4 is 28.9 Å². The van der Waals surface area contributed by atoms with Crippen molar-refractivity contribution in [3.05, 3.63) is 16.4 Å². The standard InChI is InChI=1S/C14H22N6S2/c1-9(2)8-11-15-14(22-18-11)20-6-4-10(5-7-20)12-16-17-13(21)19(12)3/h9-10H,4-8H2,1-3H3,(H,17,21). The van der Waals surface area contributed by atoms with E-state index >= 15 is 0 Å². The number of rotatable bonds is 4. The molecule has 3 rings (SSSR count). The molecule has 0 spiro atoms. The minimum Gasteiger partial charge on any atom is -0.347 e. The molecule has 22 heavy (non-hydrogen) atoms. The summed E-state index contributed by atoms with van der Waals surface area (Å²) in [7, 11) is 1.98. The van der Waals surface area contributed by atoms with E-state index in [0.29, 0.717) is 16.6 Å². The second kappa shape index (κ2) is 6.45. The van der Waals surface area contributed by atoms with Gasteiger partial charge in [0, 0.05) is 44.0 Å². The van der Waals surface area contributed by atoms with Crippen LogP contribution in [0.1, 0.15) is 44.3 Å². The van der Waals surface area contributed by atoms with Gasteiger partial charge in [-0.15, -0.1) is 0 Å². The van der Waals surface area contributed by atoms with Gasteiger partial charge in [0.1, 0.15) is 11.6 Å². The van der Waals surface area contributed by atoms with Gasteiger partial charge in [0.2, 0.25) is 5.13 Å². The van der Waals surface area contributed by atoms with Crippen molar-refractivity contribution in [2.75, 3.05) is 18.0 Å². The summed E-state index contributed by atoms with van der Waals surface area (Å²) in [5.74, 6) is 3.12. The van der Waals surface area contributed by atoms with Crippen LogP contribution in [0, 0.1) is 10.7 Å². The molecule has 3 heterocycles.